The maximum atomic E-state index is 12.6. The molecule has 1 N–H and O–H groups in total. The molecule has 0 bridgehead atoms. The van der Waals surface area contributed by atoms with Crippen LogP contribution in [-0.4, -0.2) is 59.9 Å². The van der Waals surface area contributed by atoms with Gasteiger partial charge in [0.15, 0.2) is 11.5 Å². The van der Waals surface area contributed by atoms with E-state index in [0.29, 0.717) is 38.6 Å². The van der Waals surface area contributed by atoms with Crippen LogP contribution < -0.4 is 10.2 Å². The summed E-state index contributed by atoms with van der Waals surface area (Å²) >= 11 is 0. The first-order valence-corrected chi connectivity index (χ1v) is 9.93. The lowest BCUT2D eigenvalue weighted by Crippen LogP contribution is -2.49. The number of hydrogen-bond donors (Lipinski definition) is 1. The number of para-hydroxylation sites is 1. The van der Waals surface area contributed by atoms with E-state index in [4.69, 9.17) is 4.74 Å². The van der Waals surface area contributed by atoms with Gasteiger partial charge in [0.2, 0.25) is 0 Å². The van der Waals surface area contributed by atoms with Crippen LogP contribution in [0, 0.1) is 6.92 Å². The molecule has 0 saturated carbocycles. The molecule has 154 valence electrons. The zero-order valence-electron chi connectivity index (χ0n) is 17.1. The van der Waals surface area contributed by atoms with E-state index in [9.17, 15) is 9.59 Å². The molecule has 0 aliphatic carbocycles. The van der Waals surface area contributed by atoms with Gasteiger partial charge in [-0.3, -0.25) is 4.79 Å². The summed E-state index contributed by atoms with van der Waals surface area (Å²) in [6.07, 6.45) is 0.549. The van der Waals surface area contributed by atoms with E-state index < -0.39 is 0 Å². The van der Waals surface area contributed by atoms with Gasteiger partial charge in [0.1, 0.15) is 0 Å². The number of anilines is 2. The van der Waals surface area contributed by atoms with Gasteiger partial charge < -0.3 is 19.9 Å². The Hall–Kier alpha value is -3.16. The van der Waals surface area contributed by atoms with Crippen molar-refractivity contribution in [3.8, 4) is 0 Å². The number of piperazine rings is 1. The third-order valence-corrected chi connectivity index (χ3v) is 4.99. The number of amides is 2. The third-order valence-electron chi connectivity index (χ3n) is 4.99. The van der Waals surface area contributed by atoms with Crippen LogP contribution in [0.15, 0.2) is 30.3 Å². The average molecular weight is 397 g/mol. The molecule has 1 aliphatic rings. The summed E-state index contributed by atoms with van der Waals surface area (Å²) in [7, 11) is 0. The first-order valence-electron chi connectivity index (χ1n) is 9.93. The van der Waals surface area contributed by atoms with Gasteiger partial charge in [0.05, 0.1) is 6.61 Å². The molecule has 8 heteroatoms. The Bertz CT molecular complexity index is 861. The minimum absolute atomic E-state index is 0.268. The maximum Gasteiger partial charge on any atom is 0.409 e. The van der Waals surface area contributed by atoms with Crippen molar-refractivity contribution in [2.45, 2.75) is 27.2 Å². The van der Waals surface area contributed by atoms with Crippen LogP contribution >= 0.6 is 0 Å². The highest BCUT2D eigenvalue weighted by atomic mass is 16.6. The fraction of sp³-hybridized carbons (Fsp3) is 0.429. The van der Waals surface area contributed by atoms with Crippen LogP contribution in [0.5, 0.6) is 0 Å². The number of rotatable bonds is 5. The van der Waals surface area contributed by atoms with Gasteiger partial charge >= 0.3 is 6.09 Å². The van der Waals surface area contributed by atoms with Crippen molar-refractivity contribution in [3.63, 3.8) is 0 Å². The highest BCUT2D eigenvalue weighted by Gasteiger charge is 2.23. The molecule has 8 nitrogen and oxygen atoms in total. The number of hydrogen-bond acceptors (Lipinski definition) is 6. The molecule has 29 heavy (non-hydrogen) atoms. The van der Waals surface area contributed by atoms with Gasteiger partial charge in [-0.1, -0.05) is 25.1 Å². The van der Waals surface area contributed by atoms with Crippen LogP contribution in [0.2, 0.25) is 0 Å². The monoisotopic (exact) mass is 397 g/mol. The van der Waals surface area contributed by atoms with E-state index in [2.05, 4.69) is 22.4 Å². The summed E-state index contributed by atoms with van der Waals surface area (Å²) < 4.78 is 5.03. The predicted octanol–water partition coefficient (Wildman–Crippen LogP) is 2.88. The lowest BCUT2D eigenvalue weighted by Gasteiger charge is -2.34. The molecule has 0 radical (unpaired) electrons. The molecule has 2 heterocycles. The lowest BCUT2D eigenvalue weighted by atomic mass is 10.1. The van der Waals surface area contributed by atoms with Gasteiger partial charge in [-0.05, 0) is 43.5 Å². The molecular formula is C21H27N5O3. The molecule has 1 aliphatic heterocycles. The van der Waals surface area contributed by atoms with Crippen LogP contribution in [0.25, 0.3) is 0 Å². The molecule has 1 aromatic carbocycles. The molecule has 2 amide bonds. The molecule has 0 spiro atoms. The number of carbonyl (C=O) groups is 2. The summed E-state index contributed by atoms with van der Waals surface area (Å²) in [5.41, 5.74) is 3.20. The Kier molecular flexibility index (Phi) is 6.64. The van der Waals surface area contributed by atoms with Crippen molar-refractivity contribution < 1.29 is 14.3 Å². The zero-order chi connectivity index (χ0) is 20.8. The number of aryl methyl sites for hydroxylation is 2. The Labute approximate surface area is 170 Å². The minimum atomic E-state index is -0.284. The first kappa shape index (κ1) is 20.6. The summed E-state index contributed by atoms with van der Waals surface area (Å²) in [6.45, 7) is 8.61. The van der Waals surface area contributed by atoms with Crippen LogP contribution in [0.4, 0.5) is 16.3 Å². The van der Waals surface area contributed by atoms with Gasteiger partial charge in [0, 0.05) is 31.9 Å². The molecule has 0 atom stereocenters. The molecule has 3 rings (SSSR count). The molecule has 2 aromatic rings. The largest absolute Gasteiger partial charge is 0.450 e. The third kappa shape index (κ3) is 4.82. The normalized spacial score (nSPS) is 13.9. The lowest BCUT2D eigenvalue weighted by molar-refractivity contribution is 0.101. The zero-order valence-corrected chi connectivity index (χ0v) is 17.1. The molecular weight excluding hydrogens is 370 g/mol. The molecule has 1 saturated heterocycles. The van der Waals surface area contributed by atoms with Crippen molar-refractivity contribution in [1.82, 2.24) is 15.1 Å². The minimum Gasteiger partial charge on any atom is -0.450 e. The Morgan fingerprint density at radius 1 is 1.07 bits per heavy atom. The topological polar surface area (TPSA) is 87.7 Å². The van der Waals surface area contributed by atoms with Crippen molar-refractivity contribution in [2.75, 3.05) is 43.0 Å². The fourth-order valence-corrected chi connectivity index (χ4v) is 3.33. The Morgan fingerprint density at radius 2 is 1.83 bits per heavy atom. The summed E-state index contributed by atoms with van der Waals surface area (Å²) in [4.78, 5) is 28.1. The van der Waals surface area contributed by atoms with Crippen LogP contribution in [0.3, 0.4) is 0 Å². The number of carbonyl (C=O) groups excluding carboxylic acids is 2. The van der Waals surface area contributed by atoms with Gasteiger partial charge in [-0.2, -0.15) is 0 Å². The second-order valence-corrected chi connectivity index (χ2v) is 6.87. The number of aromatic nitrogens is 2. The quantitative estimate of drug-likeness (QED) is 0.835. The number of benzene rings is 1. The van der Waals surface area contributed by atoms with E-state index in [1.807, 2.05) is 30.0 Å². The summed E-state index contributed by atoms with van der Waals surface area (Å²) in [6, 6.07) is 9.44. The Balaban J connectivity index is 1.62. The van der Waals surface area contributed by atoms with E-state index in [1.165, 1.54) is 0 Å². The number of nitrogens with one attached hydrogen (secondary N) is 1. The SMILES string of the molecule is CCOC(=O)N1CCN(c2ccc(C(=O)Nc3c(C)cccc3CC)nn2)CC1. The average Bonchev–Trinajstić information content (AvgIpc) is 2.75. The first-order chi connectivity index (χ1) is 14.0. The van der Waals surface area contributed by atoms with E-state index >= 15 is 0 Å². The second-order valence-electron chi connectivity index (χ2n) is 6.87. The highest BCUT2D eigenvalue weighted by Crippen LogP contribution is 2.22. The molecule has 0 unspecified atom stereocenters. The van der Waals surface area contributed by atoms with Gasteiger partial charge in [-0.25, -0.2) is 4.79 Å². The maximum absolute atomic E-state index is 12.6. The van der Waals surface area contributed by atoms with Crippen molar-refractivity contribution in [3.05, 3.63) is 47.2 Å². The van der Waals surface area contributed by atoms with E-state index in [-0.39, 0.29) is 17.7 Å². The number of nitrogens with zero attached hydrogens (tertiary/aromatic N) is 4. The Morgan fingerprint density at radius 3 is 2.45 bits per heavy atom. The fourth-order valence-electron chi connectivity index (χ4n) is 3.33. The standard InChI is InChI=1S/C21H27N5O3/c1-4-16-8-6-7-15(3)19(16)22-20(27)17-9-10-18(24-23-17)25-11-13-26(14-12-25)21(28)29-5-2/h6-10H,4-5,11-14H2,1-3H3,(H,22,27). The second kappa shape index (κ2) is 9.36. The predicted molar refractivity (Wildman–Crippen MR) is 111 cm³/mol. The molecule has 1 fully saturated rings. The van der Waals surface area contributed by atoms with E-state index in [0.717, 1.165) is 23.2 Å². The smallest absolute Gasteiger partial charge is 0.409 e. The number of ether oxygens (including phenoxy) is 1. The van der Waals surface area contributed by atoms with Gasteiger partial charge in [0.25, 0.3) is 5.91 Å². The molecule has 1 aromatic heterocycles. The summed E-state index contributed by atoms with van der Waals surface area (Å²) in [5, 5.41) is 11.3. The highest BCUT2D eigenvalue weighted by molar-refractivity contribution is 6.03. The van der Waals surface area contributed by atoms with Crippen molar-refractivity contribution in [2.24, 2.45) is 0 Å². The van der Waals surface area contributed by atoms with Crippen molar-refractivity contribution in [1.29, 1.82) is 0 Å². The van der Waals surface area contributed by atoms with Crippen LogP contribution in [0.1, 0.15) is 35.5 Å². The van der Waals surface area contributed by atoms with Crippen molar-refractivity contribution >= 4 is 23.5 Å². The summed E-state index contributed by atoms with van der Waals surface area (Å²) in [5.74, 6) is 0.412. The van der Waals surface area contributed by atoms with E-state index in [1.54, 1.807) is 24.0 Å². The van der Waals surface area contributed by atoms with Crippen LogP contribution in [-0.2, 0) is 11.2 Å². The van der Waals surface area contributed by atoms with Gasteiger partial charge in [-0.15, -0.1) is 10.2 Å².